The molecule has 0 bridgehead atoms. The number of H-pyrrole nitrogens is 1. The van der Waals surface area contributed by atoms with E-state index < -0.39 is 0 Å². The highest BCUT2D eigenvalue weighted by Gasteiger charge is 2.09. The summed E-state index contributed by atoms with van der Waals surface area (Å²) in [7, 11) is 0. The van der Waals surface area contributed by atoms with Gasteiger partial charge < -0.3 is 10.3 Å². The Labute approximate surface area is 112 Å². The average molecular weight is 314 g/mol. The number of carbonyl (C=O) groups excluding carboxylic acids is 1. The van der Waals surface area contributed by atoms with Crippen molar-refractivity contribution in [1.82, 2.24) is 4.98 Å². The van der Waals surface area contributed by atoms with E-state index >= 15 is 0 Å². The van der Waals surface area contributed by atoms with Crippen molar-refractivity contribution in [3.63, 3.8) is 0 Å². The molecule has 2 rings (SSSR count). The van der Waals surface area contributed by atoms with E-state index in [9.17, 15) is 4.79 Å². The molecule has 17 heavy (non-hydrogen) atoms. The molecule has 0 spiro atoms. The summed E-state index contributed by atoms with van der Waals surface area (Å²) in [5.74, 6) is -0.221. The number of benzene rings is 1. The molecule has 0 aliphatic rings. The van der Waals surface area contributed by atoms with Crippen molar-refractivity contribution in [2.45, 2.75) is 6.92 Å². The smallest absolute Gasteiger partial charge is 0.272 e. The molecular formula is C12H10BrClN2O. The largest absolute Gasteiger partial charge is 0.356 e. The lowest BCUT2D eigenvalue weighted by Gasteiger charge is -2.06. The fraction of sp³-hybridized carbons (Fsp3) is 0.0833. The van der Waals surface area contributed by atoms with E-state index in [1.54, 1.807) is 12.3 Å². The van der Waals surface area contributed by atoms with Crippen LogP contribution in [-0.2, 0) is 0 Å². The summed E-state index contributed by atoms with van der Waals surface area (Å²) >= 11 is 9.14. The van der Waals surface area contributed by atoms with Crippen molar-refractivity contribution in [1.29, 1.82) is 0 Å². The molecule has 0 aliphatic carbocycles. The Morgan fingerprint density at radius 1 is 1.41 bits per heavy atom. The molecule has 0 fully saturated rings. The number of rotatable bonds is 2. The Morgan fingerprint density at radius 3 is 2.76 bits per heavy atom. The van der Waals surface area contributed by atoms with Gasteiger partial charge in [0.25, 0.3) is 5.91 Å². The first-order valence-electron chi connectivity index (χ1n) is 4.97. The molecule has 2 N–H and O–H groups in total. The molecule has 5 heteroatoms. The van der Waals surface area contributed by atoms with Gasteiger partial charge in [-0.3, -0.25) is 4.79 Å². The number of aromatic amines is 1. The minimum absolute atomic E-state index is 0.221. The minimum Gasteiger partial charge on any atom is -0.356 e. The monoisotopic (exact) mass is 312 g/mol. The van der Waals surface area contributed by atoms with Gasteiger partial charge in [-0.1, -0.05) is 17.7 Å². The first kappa shape index (κ1) is 12.2. The number of aromatic nitrogens is 1. The number of aryl methyl sites for hydroxylation is 1. The Hall–Kier alpha value is -1.26. The number of hydrogen-bond donors (Lipinski definition) is 2. The fourth-order valence-electron chi connectivity index (χ4n) is 1.41. The second-order valence-corrected chi connectivity index (χ2v) is 4.96. The number of nitrogens with one attached hydrogen (secondary N) is 2. The van der Waals surface area contributed by atoms with E-state index in [0.29, 0.717) is 10.7 Å². The molecule has 88 valence electrons. The maximum absolute atomic E-state index is 11.8. The van der Waals surface area contributed by atoms with Gasteiger partial charge >= 0.3 is 0 Å². The van der Waals surface area contributed by atoms with Gasteiger partial charge in [0.05, 0.1) is 10.7 Å². The number of anilines is 1. The summed E-state index contributed by atoms with van der Waals surface area (Å²) < 4.78 is 0.850. The van der Waals surface area contributed by atoms with Crippen LogP contribution in [0.25, 0.3) is 0 Å². The van der Waals surface area contributed by atoms with Gasteiger partial charge in [-0.15, -0.1) is 0 Å². The molecule has 0 unspecified atom stereocenters. The summed E-state index contributed by atoms with van der Waals surface area (Å²) in [5, 5.41) is 3.30. The lowest BCUT2D eigenvalue weighted by atomic mass is 10.2. The maximum Gasteiger partial charge on any atom is 0.272 e. The molecule has 0 radical (unpaired) electrons. The number of carbonyl (C=O) groups is 1. The maximum atomic E-state index is 11.8. The first-order chi connectivity index (χ1) is 8.06. The standard InChI is InChI=1S/C12H10BrClN2O/c1-7-2-3-10(9(13)4-7)16-12(17)11-5-8(14)6-15-11/h2-6,15H,1H3,(H,16,17). The van der Waals surface area contributed by atoms with Crippen molar-refractivity contribution < 1.29 is 4.79 Å². The highest BCUT2D eigenvalue weighted by atomic mass is 79.9. The van der Waals surface area contributed by atoms with Gasteiger partial charge in [0.2, 0.25) is 0 Å². The number of hydrogen-bond acceptors (Lipinski definition) is 1. The van der Waals surface area contributed by atoms with Crippen molar-refractivity contribution >= 4 is 39.1 Å². The normalized spacial score (nSPS) is 10.3. The van der Waals surface area contributed by atoms with Crippen LogP contribution in [0.3, 0.4) is 0 Å². The Balaban J connectivity index is 2.18. The second-order valence-electron chi connectivity index (χ2n) is 3.67. The van der Waals surface area contributed by atoms with Crippen LogP contribution in [-0.4, -0.2) is 10.9 Å². The quantitative estimate of drug-likeness (QED) is 0.865. The lowest BCUT2D eigenvalue weighted by Crippen LogP contribution is -2.12. The highest BCUT2D eigenvalue weighted by molar-refractivity contribution is 9.10. The van der Waals surface area contributed by atoms with Crippen LogP contribution >= 0.6 is 27.5 Å². The van der Waals surface area contributed by atoms with Crippen LogP contribution in [0.5, 0.6) is 0 Å². The van der Waals surface area contributed by atoms with Gasteiger partial charge in [-0.2, -0.15) is 0 Å². The van der Waals surface area contributed by atoms with E-state index in [1.807, 2.05) is 25.1 Å². The SMILES string of the molecule is Cc1ccc(NC(=O)c2cc(Cl)c[nH]2)c(Br)c1. The van der Waals surface area contributed by atoms with Crippen LogP contribution in [0.4, 0.5) is 5.69 Å². The van der Waals surface area contributed by atoms with Crippen LogP contribution in [0.2, 0.25) is 5.02 Å². The third-order valence-corrected chi connectivity index (χ3v) is 3.14. The molecule has 1 aromatic heterocycles. The van der Waals surface area contributed by atoms with E-state index in [1.165, 1.54) is 0 Å². The van der Waals surface area contributed by atoms with Gasteiger partial charge in [-0.05, 0) is 46.6 Å². The summed E-state index contributed by atoms with van der Waals surface area (Å²) in [4.78, 5) is 14.6. The number of amides is 1. The molecule has 1 heterocycles. The van der Waals surface area contributed by atoms with Crippen LogP contribution in [0, 0.1) is 6.92 Å². The van der Waals surface area contributed by atoms with Crippen LogP contribution in [0.15, 0.2) is 34.9 Å². The molecule has 0 saturated heterocycles. The third kappa shape index (κ3) is 2.90. The van der Waals surface area contributed by atoms with Crippen molar-refractivity contribution in [2.75, 3.05) is 5.32 Å². The van der Waals surface area contributed by atoms with Crippen molar-refractivity contribution in [3.8, 4) is 0 Å². The minimum atomic E-state index is -0.221. The average Bonchev–Trinajstić information content (AvgIpc) is 2.69. The van der Waals surface area contributed by atoms with Gasteiger partial charge in [0, 0.05) is 10.7 Å². The van der Waals surface area contributed by atoms with E-state index in [-0.39, 0.29) is 5.91 Å². The van der Waals surface area contributed by atoms with E-state index in [4.69, 9.17) is 11.6 Å². The Morgan fingerprint density at radius 2 is 2.18 bits per heavy atom. The molecule has 2 aromatic rings. The summed E-state index contributed by atoms with van der Waals surface area (Å²) in [5.41, 5.74) is 2.28. The molecule has 0 aliphatic heterocycles. The van der Waals surface area contributed by atoms with Gasteiger partial charge in [-0.25, -0.2) is 0 Å². The lowest BCUT2D eigenvalue weighted by molar-refractivity contribution is 0.102. The first-order valence-corrected chi connectivity index (χ1v) is 6.15. The van der Waals surface area contributed by atoms with Crippen LogP contribution in [0.1, 0.15) is 16.1 Å². The zero-order chi connectivity index (χ0) is 12.4. The molecule has 1 amide bonds. The molecular weight excluding hydrogens is 304 g/mol. The number of halogens is 2. The predicted molar refractivity (Wildman–Crippen MR) is 72.6 cm³/mol. The second kappa shape index (κ2) is 4.94. The highest BCUT2D eigenvalue weighted by Crippen LogP contribution is 2.24. The molecule has 0 atom stereocenters. The van der Waals surface area contributed by atoms with Crippen molar-refractivity contribution in [2.24, 2.45) is 0 Å². The molecule has 3 nitrogen and oxygen atoms in total. The topological polar surface area (TPSA) is 44.9 Å². The van der Waals surface area contributed by atoms with E-state index in [0.717, 1.165) is 15.7 Å². The van der Waals surface area contributed by atoms with Gasteiger partial charge in [0.1, 0.15) is 5.69 Å². The van der Waals surface area contributed by atoms with Crippen LogP contribution < -0.4 is 5.32 Å². The zero-order valence-corrected chi connectivity index (χ0v) is 11.4. The zero-order valence-electron chi connectivity index (χ0n) is 9.05. The summed E-state index contributed by atoms with van der Waals surface area (Å²) in [6.45, 7) is 1.99. The Bertz CT molecular complexity index is 565. The van der Waals surface area contributed by atoms with E-state index in [2.05, 4.69) is 26.2 Å². The third-order valence-electron chi connectivity index (χ3n) is 2.27. The summed E-state index contributed by atoms with van der Waals surface area (Å²) in [6, 6.07) is 7.31. The molecule has 1 aromatic carbocycles. The summed E-state index contributed by atoms with van der Waals surface area (Å²) in [6.07, 6.45) is 1.57. The Kier molecular flexibility index (Phi) is 3.54. The fourth-order valence-corrected chi connectivity index (χ4v) is 2.17. The van der Waals surface area contributed by atoms with Crippen molar-refractivity contribution in [3.05, 3.63) is 51.2 Å². The molecule has 0 saturated carbocycles. The van der Waals surface area contributed by atoms with Gasteiger partial charge in [0.15, 0.2) is 0 Å². The predicted octanol–water partition coefficient (Wildman–Crippen LogP) is 3.99.